The Morgan fingerprint density at radius 2 is 2.03 bits per heavy atom. The number of carbonyl (C=O) groups excluding carboxylic acids is 2. The molecule has 1 aliphatic rings. The number of aromatic nitrogens is 2. The predicted molar refractivity (Wildman–Crippen MR) is 124 cm³/mol. The molecule has 1 N–H and O–H groups in total. The Hall–Kier alpha value is -2.94. The third kappa shape index (κ3) is 5.90. The lowest BCUT2D eigenvalue weighted by Gasteiger charge is -2.41. The van der Waals surface area contributed by atoms with E-state index < -0.39 is 12.0 Å². The van der Waals surface area contributed by atoms with Gasteiger partial charge in [-0.2, -0.15) is 0 Å². The predicted octanol–water partition coefficient (Wildman–Crippen LogP) is 3.13. The summed E-state index contributed by atoms with van der Waals surface area (Å²) >= 11 is 0. The van der Waals surface area contributed by atoms with Crippen LogP contribution >= 0.6 is 0 Å². The van der Waals surface area contributed by atoms with Crippen molar-refractivity contribution in [2.24, 2.45) is 11.8 Å². The highest BCUT2D eigenvalue weighted by atomic mass is 16.5. The number of aryl methyl sites for hydroxylation is 1. The average Bonchev–Trinajstić information content (AvgIpc) is 3.18. The number of hydrogen-bond donors (Lipinski definition) is 1. The number of unbranched alkanes of at least 4 members (excludes halogenated alkanes) is 1. The van der Waals surface area contributed by atoms with Crippen LogP contribution in [0.4, 0.5) is 4.79 Å². The molecule has 0 spiro atoms. The third-order valence-electron chi connectivity index (χ3n) is 6.01. The molecule has 2 atom stereocenters. The van der Waals surface area contributed by atoms with Crippen LogP contribution in [0.3, 0.4) is 0 Å². The highest BCUT2D eigenvalue weighted by Gasteiger charge is 2.37. The van der Waals surface area contributed by atoms with Gasteiger partial charge in [-0.25, -0.2) is 9.78 Å². The molecule has 1 aliphatic heterocycles. The largest absolute Gasteiger partial charge is 0.465 e. The summed E-state index contributed by atoms with van der Waals surface area (Å²) < 4.78 is 7.11. The number of para-hydroxylation sites is 2. The fourth-order valence-corrected chi connectivity index (χ4v) is 4.49. The molecule has 2 aromatic rings. The maximum absolute atomic E-state index is 13.9. The number of fused-ring (bicyclic) bond motifs is 1. The molecular formula is C24H34N4O5. The van der Waals surface area contributed by atoms with Gasteiger partial charge in [0.25, 0.3) is 5.91 Å². The van der Waals surface area contributed by atoms with Crippen molar-refractivity contribution in [2.75, 3.05) is 33.4 Å². The van der Waals surface area contributed by atoms with Gasteiger partial charge in [0, 0.05) is 45.8 Å². The zero-order chi connectivity index (χ0) is 24.0. The smallest absolute Gasteiger partial charge is 0.407 e. The van der Waals surface area contributed by atoms with Crippen molar-refractivity contribution in [2.45, 2.75) is 45.7 Å². The van der Waals surface area contributed by atoms with E-state index in [4.69, 9.17) is 4.74 Å². The van der Waals surface area contributed by atoms with Gasteiger partial charge in [0.15, 0.2) is 5.82 Å². The summed E-state index contributed by atoms with van der Waals surface area (Å²) in [6.07, 6.45) is 1.87. The van der Waals surface area contributed by atoms with Crippen LogP contribution in [0.1, 0.15) is 43.7 Å². The number of ether oxygens (including phenoxy) is 1. The number of aldehydes is 1. The van der Waals surface area contributed by atoms with Crippen molar-refractivity contribution in [1.82, 2.24) is 19.4 Å². The standard InChI is InChI=1S/C24H34N4O5/c1-17(2)13-28(19-12-18(16-29)14-26(15-19)24(31)32)23(30)22-25-20-8-4-5-9-21(20)27(22)10-6-7-11-33-3/h4-5,8-9,16-19H,6-7,10-15H2,1-3H3,(H,31,32)/t18-,19+/m1/s1. The Morgan fingerprint density at radius 3 is 2.70 bits per heavy atom. The first-order chi connectivity index (χ1) is 15.8. The molecule has 9 heteroatoms. The van der Waals surface area contributed by atoms with E-state index in [1.165, 1.54) is 4.90 Å². The molecule has 1 aromatic heterocycles. The second-order valence-corrected chi connectivity index (χ2v) is 9.10. The minimum atomic E-state index is -1.08. The van der Waals surface area contributed by atoms with E-state index >= 15 is 0 Å². The number of nitrogens with zero attached hydrogens (tertiary/aromatic N) is 4. The van der Waals surface area contributed by atoms with Crippen LogP contribution in [-0.4, -0.2) is 82.1 Å². The summed E-state index contributed by atoms with van der Waals surface area (Å²) in [5, 5.41) is 9.55. The minimum Gasteiger partial charge on any atom is -0.465 e. The van der Waals surface area contributed by atoms with Crippen LogP contribution < -0.4 is 0 Å². The van der Waals surface area contributed by atoms with E-state index in [1.54, 1.807) is 12.0 Å². The van der Waals surface area contributed by atoms with E-state index in [2.05, 4.69) is 4.98 Å². The number of hydrogen-bond acceptors (Lipinski definition) is 5. The maximum atomic E-state index is 13.9. The fourth-order valence-electron chi connectivity index (χ4n) is 4.49. The van der Waals surface area contributed by atoms with E-state index in [9.17, 15) is 19.5 Å². The summed E-state index contributed by atoms with van der Waals surface area (Å²) in [7, 11) is 1.67. The van der Waals surface area contributed by atoms with Gasteiger partial charge in [0.05, 0.1) is 17.1 Å². The average molecular weight is 459 g/mol. The lowest BCUT2D eigenvalue weighted by atomic mass is 9.94. The second-order valence-electron chi connectivity index (χ2n) is 9.10. The molecular weight excluding hydrogens is 424 g/mol. The zero-order valence-corrected chi connectivity index (χ0v) is 19.6. The van der Waals surface area contributed by atoms with Crippen molar-refractivity contribution < 1.29 is 24.2 Å². The quantitative estimate of drug-likeness (QED) is 0.433. The maximum Gasteiger partial charge on any atom is 0.407 e. The Bertz CT molecular complexity index is 973. The number of rotatable bonds is 10. The van der Waals surface area contributed by atoms with Crippen LogP contribution in [0.25, 0.3) is 11.0 Å². The van der Waals surface area contributed by atoms with Crippen LogP contribution in [-0.2, 0) is 16.1 Å². The molecule has 0 radical (unpaired) electrons. The molecule has 0 saturated carbocycles. The normalized spacial score (nSPS) is 18.6. The summed E-state index contributed by atoms with van der Waals surface area (Å²) in [6.45, 7) is 6.11. The van der Waals surface area contributed by atoms with Crippen LogP contribution in [0.2, 0.25) is 0 Å². The highest BCUT2D eigenvalue weighted by Crippen LogP contribution is 2.25. The van der Waals surface area contributed by atoms with Gasteiger partial charge in [-0.05, 0) is 37.3 Å². The van der Waals surface area contributed by atoms with Gasteiger partial charge >= 0.3 is 6.09 Å². The SMILES string of the molecule is COCCCCn1c(C(=O)N(CC(C)C)[C@H]2C[C@@H](C=O)CN(C(=O)O)C2)nc2ccccc21. The van der Waals surface area contributed by atoms with Gasteiger partial charge in [-0.15, -0.1) is 0 Å². The Morgan fingerprint density at radius 1 is 1.27 bits per heavy atom. The number of benzene rings is 1. The highest BCUT2D eigenvalue weighted by molar-refractivity contribution is 5.95. The molecule has 2 heterocycles. The van der Waals surface area contributed by atoms with Crippen LogP contribution in [0.15, 0.2) is 24.3 Å². The second kappa shape index (κ2) is 11.3. The lowest BCUT2D eigenvalue weighted by molar-refractivity contribution is -0.113. The first kappa shape index (κ1) is 24.7. The number of carbonyl (C=O) groups is 3. The Balaban J connectivity index is 1.96. The zero-order valence-electron chi connectivity index (χ0n) is 19.6. The summed E-state index contributed by atoms with van der Waals surface area (Å²) in [6, 6.07) is 7.28. The number of methoxy groups -OCH3 is 1. The minimum absolute atomic E-state index is 0.164. The summed E-state index contributed by atoms with van der Waals surface area (Å²) in [5.41, 5.74) is 1.64. The lowest BCUT2D eigenvalue weighted by Crippen LogP contribution is -2.55. The monoisotopic (exact) mass is 458 g/mol. The molecule has 33 heavy (non-hydrogen) atoms. The molecule has 0 aliphatic carbocycles. The molecule has 180 valence electrons. The van der Waals surface area contributed by atoms with Gasteiger partial charge in [0.2, 0.25) is 0 Å². The van der Waals surface area contributed by atoms with Crippen LogP contribution in [0, 0.1) is 11.8 Å². The number of carboxylic acid groups (broad SMARTS) is 1. The molecule has 9 nitrogen and oxygen atoms in total. The summed E-state index contributed by atoms with van der Waals surface area (Å²) in [5.74, 6) is -0.142. The number of amides is 2. The van der Waals surface area contributed by atoms with Gasteiger partial charge in [-0.1, -0.05) is 26.0 Å². The molecule has 2 amide bonds. The van der Waals surface area contributed by atoms with Crippen molar-refractivity contribution >= 4 is 29.3 Å². The molecule has 1 aromatic carbocycles. The van der Waals surface area contributed by atoms with Gasteiger partial charge in [0.1, 0.15) is 6.29 Å². The van der Waals surface area contributed by atoms with E-state index in [1.807, 2.05) is 42.7 Å². The van der Waals surface area contributed by atoms with Crippen molar-refractivity contribution in [1.29, 1.82) is 0 Å². The van der Waals surface area contributed by atoms with Gasteiger partial charge in [-0.3, -0.25) is 4.79 Å². The van der Waals surface area contributed by atoms with E-state index in [0.717, 1.165) is 30.2 Å². The Labute approximate surface area is 194 Å². The Kier molecular flexibility index (Phi) is 8.43. The van der Waals surface area contributed by atoms with Crippen molar-refractivity contribution in [3.8, 4) is 0 Å². The molecule has 3 rings (SSSR count). The topological polar surface area (TPSA) is 105 Å². The number of likely N-dealkylation sites (tertiary alicyclic amines) is 1. The van der Waals surface area contributed by atoms with Gasteiger partial charge < -0.3 is 29.0 Å². The third-order valence-corrected chi connectivity index (χ3v) is 6.01. The molecule has 0 unspecified atom stereocenters. The van der Waals surface area contributed by atoms with E-state index in [0.29, 0.717) is 31.9 Å². The number of piperidine rings is 1. The molecule has 1 fully saturated rings. The fraction of sp³-hybridized carbons (Fsp3) is 0.583. The van der Waals surface area contributed by atoms with Crippen molar-refractivity contribution in [3.63, 3.8) is 0 Å². The first-order valence-corrected chi connectivity index (χ1v) is 11.5. The van der Waals surface area contributed by atoms with E-state index in [-0.39, 0.29) is 31.0 Å². The van der Waals surface area contributed by atoms with Crippen molar-refractivity contribution in [3.05, 3.63) is 30.1 Å². The number of imidazole rings is 1. The first-order valence-electron chi connectivity index (χ1n) is 11.5. The molecule has 0 bridgehead atoms. The molecule has 1 saturated heterocycles. The van der Waals surface area contributed by atoms with Crippen LogP contribution in [0.5, 0.6) is 0 Å². The summed E-state index contributed by atoms with van der Waals surface area (Å²) in [4.78, 5) is 44.7.